The number of aromatic nitrogens is 2. The summed E-state index contributed by atoms with van der Waals surface area (Å²) < 4.78 is 0. The molecule has 0 saturated carbocycles. The molecule has 0 aliphatic carbocycles. The van der Waals surface area contributed by atoms with Gasteiger partial charge >= 0.3 is 0 Å². The van der Waals surface area contributed by atoms with E-state index in [9.17, 15) is 9.90 Å². The van der Waals surface area contributed by atoms with Gasteiger partial charge in [-0.3, -0.25) is 4.79 Å². The molecule has 6 heteroatoms. The monoisotopic (exact) mass is 298 g/mol. The number of amides is 1. The van der Waals surface area contributed by atoms with E-state index in [0.29, 0.717) is 43.3 Å². The molecule has 1 aliphatic heterocycles. The van der Waals surface area contributed by atoms with Gasteiger partial charge in [-0.25, -0.2) is 9.97 Å². The van der Waals surface area contributed by atoms with Crippen LogP contribution in [0, 0.1) is 6.92 Å². The van der Waals surface area contributed by atoms with Crippen LogP contribution in [-0.2, 0) is 0 Å². The zero-order valence-corrected chi connectivity index (χ0v) is 12.4. The van der Waals surface area contributed by atoms with Crippen molar-refractivity contribution < 1.29 is 9.90 Å². The Morgan fingerprint density at radius 1 is 1.09 bits per heavy atom. The topological polar surface area (TPSA) is 69.6 Å². The van der Waals surface area contributed by atoms with Crippen molar-refractivity contribution in [2.75, 3.05) is 31.1 Å². The van der Waals surface area contributed by atoms with Gasteiger partial charge in [0.1, 0.15) is 5.75 Å². The minimum absolute atomic E-state index is 0.0707. The quantitative estimate of drug-likeness (QED) is 0.909. The Labute approximate surface area is 129 Å². The summed E-state index contributed by atoms with van der Waals surface area (Å²) in [5, 5.41) is 10.1. The Bertz CT molecular complexity index is 667. The third kappa shape index (κ3) is 2.72. The molecule has 1 N–H and O–H groups in total. The molecule has 1 amide bonds. The number of anilines is 1. The SMILES string of the molecule is Cc1cccc(C(=O)N2CCN(c3ncccn3)CC2)c1O. The summed E-state index contributed by atoms with van der Waals surface area (Å²) in [5.41, 5.74) is 1.08. The van der Waals surface area contributed by atoms with Gasteiger partial charge in [-0.1, -0.05) is 12.1 Å². The lowest BCUT2D eigenvalue weighted by Crippen LogP contribution is -2.49. The van der Waals surface area contributed by atoms with E-state index in [2.05, 4.69) is 14.9 Å². The number of para-hydroxylation sites is 1. The highest BCUT2D eigenvalue weighted by molar-refractivity contribution is 5.97. The maximum atomic E-state index is 12.5. The molecule has 0 bridgehead atoms. The lowest BCUT2D eigenvalue weighted by Gasteiger charge is -2.34. The summed E-state index contributed by atoms with van der Waals surface area (Å²) in [6, 6.07) is 7.02. The number of rotatable bonds is 2. The first-order chi connectivity index (χ1) is 10.7. The van der Waals surface area contributed by atoms with Crippen molar-refractivity contribution in [3.05, 3.63) is 47.8 Å². The number of aromatic hydroxyl groups is 1. The Hall–Kier alpha value is -2.63. The summed E-state index contributed by atoms with van der Waals surface area (Å²) in [6.07, 6.45) is 3.43. The number of nitrogens with zero attached hydrogens (tertiary/aromatic N) is 4. The second kappa shape index (κ2) is 6.01. The van der Waals surface area contributed by atoms with Gasteiger partial charge in [0.25, 0.3) is 5.91 Å². The number of piperazine rings is 1. The molecule has 1 fully saturated rings. The first-order valence-corrected chi connectivity index (χ1v) is 7.26. The molecule has 0 radical (unpaired) electrons. The van der Waals surface area contributed by atoms with Crippen LogP contribution in [0.15, 0.2) is 36.7 Å². The van der Waals surface area contributed by atoms with E-state index in [1.807, 2.05) is 0 Å². The third-order valence-corrected chi connectivity index (χ3v) is 3.87. The maximum Gasteiger partial charge on any atom is 0.257 e. The van der Waals surface area contributed by atoms with Crippen molar-refractivity contribution in [1.82, 2.24) is 14.9 Å². The summed E-state index contributed by atoms with van der Waals surface area (Å²) in [7, 11) is 0. The van der Waals surface area contributed by atoms with Crippen LogP contribution >= 0.6 is 0 Å². The van der Waals surface area contributed by atoms with Crippen molar-refractivity contribution in [3.63, 3.8) is 0 Å². The number of benzene rings is 1. The van der Waals surface area contributed by atoms with Gasteiger partial charge < -0.3 is 14.9 Å². The highest BCUT2D eigenvalue weighted by Gasteiger charge is 2.25. The van der Waals surface area contributed by atoms with Crippen LogP contribution < -0.4 is 4.90 Å². The zero-order chi connectivity index (χ0) is 15.5. The molecule has 0 unspecified atom stereocenters. The van der Waals surface area contributed by atoms with Crippen molar-refractivity contribution in [3.8, 4) is 5.75 Å². The summed E-state index contributed by atoms with van der Waals surface area (Å²) in [4.78, 5) is 24.8. The molecule has 1 aromatic heterocycles. The molecule has 2 heterocycles. The predicted octanol–water partition coefficient (Wildman–Crippen LogP) is 1.45. The molecule has 1 saturated heterocycles. The molecule has 114 valence electrons. The number of phenols is 1. The normalized spacial score (nSPS) is 15.0. The van der Waals surface area contributed by atoms with Gasteiger partial charge in [-0.2, -0.15) is 0 Å². The third-order valence-electron chi connectivity index (χ3n) is 3.87. The maximum absolute atomic E-state index is 12.5. The van der Waals surface area contributed by atoms with Crippen LogP contribution in [0.25, 0.3) is 0 Å². The average molecular weight is 298 g/mol. The number of carbonyl (C=O) groups excluding carboxylic acids is 1. The van der Waals surface area contributed by atoms with Gasteiger partial charge in [0.2, 0.25) is 5.95 Å². The summed E-state index contributed by atoms with van der Waals surface area (Å²) in [6.45, 7) is 4.33. The van der Waals surface area contributed by atoms with Crippen molar-refractivity contribution in [1.29, 1.82) is 0 Å². The highest BCUT2D eigenvalue weighted by atomic mass is 16.3. The van der Waals surface area contributed by atoms with E-state index in [4.69, 9.17) is 0 Å². The lowest BCUT2D eigenvalue weighted by atomic mass is 10.1. The Morgan fingerprint density at radius 2 is 1.77 bits per heavy atom. The lowest BCUT2D eigenvalue weighted by molar-refractivity contribution is 0.0743. The molecule has 22 heavy (non-hydrogen) atoms. The second-order valence-electron chi connectivity index (χ2n) is 5.30. The average Bonchev–Trinajstić information content (AvgIpc) is 2.58. The standard InChI is InChI=1S/C16H18N4O2/c1-12-4-2-5-13(14(12)21)15(22)19-8-10-20(11-9-19)16-17-6-3-7-18-16/h2-7,21H,8-11H2,1H3. The Morgan fingerprint density at radius 3 is 2.45 bits per heavy atom. The van der Waals surface area contributed by atoms with Crippen molar-refractivity contribution in [2.45, 2.75) is 6.92 Å². The van der Waals surface area contributed by atoms with Crippen LogP contribution in [0.4, 0.5) is 5.95 Å². The van der Waals surface area contributed by atoms with E-state index < -0.39 is 0 Å². The smallest absolute Gasteiger partial charge is 0.257 e. The second-order valence-corrected chi connectivity index (χ2v) is 5.30. The van der Waals surface area contributed by atoms with Crippen LogP contribution in [0.3, 0.4) is 0 Å². The van der Waals surface area contributed by atoms with Crippen LogP contribution in [0.2, 0.25) is 0 Å². The molecule has 2 aromatic rings. The van der Waals surface area contributed by atoms with Gasteiger partial charge in [0.15, 0.2) is 0 Å². The van der Waals surface area contributed by atoms with Gasteiger partial charge in [-0.05, 0) is 24.6 Å². The molecule has 1 aromatic carbocycles. The molecule has 1 aliphatic rings. The highest BCUT2D eigenvalue weighted by Crippen LogP contribution is 2.23. The molecular formula is C16H18N4O2. The van der Waals surface area contributed by atoms with E-state index in [1.54, 1.807) is 48.5 Å². The molecule has 0 atom stereocenters. The number of aryl methyl sites for hydroxylation is 1. The zero-order valence-electron chi connectivity index (χ0n) is 12.4. The van der Waals surface area contributed by atoms with Gasteiger partial charge in [-0.15, -0.1) is 0 Å². The first kappa shape index (κ1) is 14.3. The fraction of sp³-hybridized carbons (Fsp3) is 0.312. The number of hydrogen-bond acceptors (Lipinski definition) is 5. The van der Waals surface area contributed by atoms with Crippen molar-refractivity contribution in [2.24, 2.45) is 0 Å². The largest absolute Gasteiger partial charge is 0.507 e. The predicted molar refractivity (Wildman–Crippen MR) is 83.0 cm³/mol. The summed E-state index contributed by atoms with van der Waals surface area (Å²) >= 11 is 0. The van der Waals surface area contributed by atoms with E-state index in [-0.39, 0.29) is 11.7 Å². The van der Waals surface area contributed by atoms with E-state index in [0.717, 1.165) is 0 Å². The number of hydrogen-bond donors (Lipinski definition) is 1. The van der Waals surface area contributed by atoms with E-state index >= 15 is 0 Å². The molecule has 0 spiro atoms. The fourth-order valence-corrected chi connectivity index (χ4v) is 2.57. The molecule has 3 rings (SSSR count). The molecular weight excluding hydrogens is 280 g/mol. The minimum atomic E-state index is -0.130. The summed E-state index contributed by atoms with van der Waals surface area (Å²) in [5.74, 6) is 0.629. The van der Waals surface area contributed by atoms with Crippen LogP contribution in [0.1, 0.15) is 15.9 Å². The van der Waals surface area contributed by atoms with Crippen molar-refractivity contribution >= 4 is 11.9 Å². The number of phenolic OH excluding ortho intramolecular Hbond substituents is 1. The fourth-order valence-electron chi connectivity index (χ4n) is 2.57. The van der Waals surface area contributed by atoms with E-state index in [1.165, 1.54) is 0 Å². The molecule has 6 nitrogen and oxygen atoms in total. The number of carbonyl (C=O) groups is 1. The minimum Gasteiger partial charge on any atom is -0.507 e. The Kier molecular flexibility index (Phi) is 3.91. The van der Waals surface area contributed by atoms with Crippen LogP contribution in [-0.4, -0.2) is 52.1 Å². The first-order valence-electron chi connectivity index (χ1n) is 7.26. The van der Waals surface area contributed by atoms with Gasteiger partial charge in [0.05, 0.1) is 5.56 Å². The Balaban J connectivity index is 1.69. The van der Waals surface area contributed by atoms with Gasteiger partial charge in [0, 0.05) is 38.6 Å². The van der Waals surface area contributed by atoms with Crippen LogP contribution in [0.5, 0.6) is 5.75 Å².